The summed E-state index contributed by atoms with van der Waals surface area (Å²) in [7, 11) is 6.02. The van der Waals surface area contributed by atoms with E-state index in [1.54, 1.807) is 0 Å². The molecule has 0 heterocycles. The molecule has 2 unspecified atom stereocenters. The normalized spacial score (nSPS) is 12.1. The predicted octanol–water partition coefficient (Wildman–Crippen LogP) is 1.76. The molecule has 27 heavy (non-hydrogen) atoms. The summed E-state index contributed by atoms with van der Waals surface area (Å²) in [4.78, 5) is 0. The molecule has 0 aromatic heterocycles. The van der Waals surface area contributed by atoms with Gasteiger partial charge in [-0.05, 0) is 36.5 Å². The van der Waals surface area contributed by atoms with Crippen LogP contribution in [0.25, 0.3) is 0 Å². The number of halogens is 2. The van der Waals surface area contributed by atoms with Crippen LogP contribution in [0.2, 0.25) is 0 Å². The van der Waals surface area contributed by atoms with Crippen molar-refractivity contribution in [2.24, 2.45) is 23.7 Å². The van der Waals surface area contributed by atoms with Crippen LogP contribution in [-0.4, -0.2) is 10.3 Å². The molecule has 0 nitrogen and oxygen atoms in total. The Hall–Kier alpha value is 1.58. The first-order valence-corrected chi connectivity index (χ1v) is 11.0. The third-order valence-corrected chi connectivity index (χ3v) is 8.34. The van der Waals surface area contributed by atoms with Crippen molar-refractivity contribution in [1.29, 1.82) is 0 Å². The van der Waals surface area contributed by atoms with E-state index in [9.17, 15) is 0 Å². The van der Waals surface area contributed by atoms with Crippen LogP contribution >= 0.6 is 18.5 Å². The van der Waals surface area contributed by atoms with Gasteiger partial charge in [-0.1, -0.05) is 93.5 Å². The number of hydrogen-bond donors (Lipinski definition) is 0. The molecule has 0 amide bonds. The summed E-state index contributed by atoms with van der Waals surface area (Å²) in [5.74, 6) is 2.74. The molecule has 0 bridgehead atoms. The van der Waals surface area contributed by atoms with Gasteiger partial charge in [-0.2, -0.15) is 0 Å². The Labute approximate surface area is 203 Å². The Kier molecular flexibility index (Phi) is 28.3. The average Bonchev–Trinajstić information content (AvgIpc) is 2.49. The van der Waals surface area contributed by atoms with Gasteiger partial charge in [-0.25, -0.2) is 0 Å². The zero-order valence-corrected chi connectivity index (χ0v) is 24.6. The maximum atomic E-state index is 3.01. The second kappa shape index (κ2) is 19.5. The van der Waals surface area contributed by atoms with Crippen LogP contribution in [0, 0.1) is 23.7 Å². The van der Waals surface area contributed by atoms with E-state index in [0.717, 1.165) is 12.8 Å². The number of allylic oxidation sites excluding steroid dienone is 4. The van der Waals surface area contributed by atoms with Crippen LogP contribution in [-0.2, 0) is 20.4 Å². The fourth-order valence-electron chi connectivity index (χ4n) is 2.75. The first-order chi connectivity index (χ1) is 10.9. The summed E-state index contributed by atoms with van der Waals surface area (Å²) >= 11 is 0. The Morgan fingerprint density at radius 3 is 0.889 bits per heavy atom. The monoisotopic (exact) mass is 548 g/mol. The molecule has 0 aliphatic carbocycles. The van der Waals surface area contributed by atoms with E-state index in [-0.39, 0.29) is 55.5 Å². The van der Waals surface area contributed by atoms with Crippen LogP contribution in [0.5, 0.6) is 0 Å². The molecule has 0 aliphatic heterocycles. The van der Waals surface area contributed by atoms with Gasteiger partial charge < -0.3 is 24.8 Å². The molecular formula is C22H46Cl2P2Pd. The summed E-state index contributed by atoms with van der Waals surface area (Å²) in [6, 6.07) is 0. The zero-order chi connectivity index (χ0) is 19.6. The summed E-state index contributed by atoms with van der Waals surface area (Å²) < 4.78 is 0. The van der Waals surface area contributed by atoms with Gasteiger partial charge in [0.05, 0.1) is 0 Å². The van der Waals surface area contributed by atoms with Gasteiger partial charge in [0, 0.05) is 10.3 Å². The Morgan fingerprint density at radius 2 is 0.778 bits per heavy atom. The molecule has 0 N–H and O–H groups in total. The van der Waals surface area contributed by atoms with Gasteiger partial charge in [-0.15, -0.1) is 18.5 Å². The summed E-state index contributed by atoms with van der Waals surface area (Å²) in [5.41, 5.74) is 0. The topological polar surface area (TPSA) is 0 Å². The molecule has 0 spiro atoms. The van der Waals surface area contributed by atoms with E-state index in [1.165, 1.54) is 0 Å². The third kappa shape index (κ3) is 14.3. The van der Waals surface area contributed by atoms with Crippen molar-refractivity contribution in [2.75, 3.05) is 0 Å². The van der Waals surface area contributed by atoms with Gasteiger partial charge in [-0.3, -0.25) is 0 Å². The predicted molar refractivity (Wildman–Crippen MR) is 123 cm³/mol. The van der Waals surface area contributed by atoms with E-state index in [4.69, 9.17) is 0 Å². The molecule has 0 aliphatic rings. The molecule has 0 aromatic carbocycles. The van der Waals surface area contributed by atoms with Crippen molar-refractivity contribution in [3.05, 3.63) is 24.3 Å². The molecule has 2 atom stereocenters. The van der Waals surface area contributed by atoms with Crippen LogP contribution in [0.3, 0.4) is 0 Å². The van der Waals surface area contributed by atoms with Crippen LogP contribution in [0.4, 0.5) is 0 Å². The maximum Gasteiger partial charge on any atom is 2.00 e. The van der Waals surface area contributed by atoms with E-state index in [0.29, 0.717) is 23.7 Å². The second-order valence-corrected chi connectivity index (χ2v) is 10.2. The van der Waals surface area contributed by atoms with E-state index in [1.807, 2.05) is 0 Å². The smallest absolute Gasteiger partial charge is 1.00 e. The molecule has 0 radical (unpaired) electrons. The van der Waals surface area contributed by atoms with Gasteiger partial charge >= 0.3 is 20.4 Å². The van der Waals surface area contributed by atoms with E-state index in [2.05, 4.69) is 112 Å². The molecule has 0 saturated heterocycles. The second-order valence-electron chi connectivity index (χ2n) is 8.24. The Balaban J connectivity index is -0.000000108. The molecule has 0 saturated carbocycles. The quantitative estimate of drug-likeness (QED) is 0.246. The third-order valence-electron chi connectivity index (χ3n) is 5.28. The van der Waals surface area contributed by atoms with Crippen LogP contribution in [0.1, 0.15) is 82.1 Å². The Bertz CT molecular complexity index is 327. The average molecular weight is 550 g/mol. The van der Waals surface area contributed by atoms with Crippen molar-refractivity contribution in [3.63, 3.8) is 0 Å². The van der Waals surface area contributed by atoms with E-state index >= 15 is 0 Å². The SMILES string of the molecule is CCC=CC(P)(C(C)C)C(C)C.CCC=CC(P)(C(C)C)C(C)C.[Cl-].[Cl-].[Pd+2]. The fourth-order valence-corrected chi connectivity index (χ4v) is 3.02. The minimum atomic E-state index is 0. The van der Waals surface area contributed by atoms with Crippen molar-refractivity contribution in [1.82, 2.24) is 0 Å². The standard InChI is InChI=1S/2C11H23P.2ClH.Pd/c2*1-6-7-8-11(12,9(2)3)10(4)5;;;/h2*7-10H,6,12H2,1-5H3;2*1H;/q;;;;+2/p-2. The number of rotatable bonds is 8. The minimum absolute atomic E-state index is 0. The van der Waals surface area contributed by atoms with Crippen LogP contribution in [0.15, 0.2) is 24.3 Å². The maximum absolute atomic E-state index is 3.01. The molecule has 0 aromatic rings. The van der Waals surface area contributed by atoms with Gasteiger partial charge in [0.25, 0.3) is 0 Å². The largest absolute Gasteiger partial charge is 2.00 e. The summed E-state index contributed by atoms with van der Waals surface area (Å²) in [6.07, 6.45) is 11.5. The fraction of sp³-hybridized carbons (Fsp3) is 0.818. The van der Waals surface area contributed by atoms with Crippen molar-refractivity contribution < 1.29 is 45.2 Å². The summed E-state index contributed by atoms with van der Waals surface area (Å²) in [6.45, 7) is 22.6. The van der Waals surface area contributed by atoms with Crippen molar-refractivity contribution >= 4 is 18.5 Å². The van der Waals surface area contributed by atoms with Crippen molar-refractivity contribution in [3.8, 4) is 0 Å². The van der Waals surface area contributed by atoms with Gasteiger partial charge in [0.2, 0.25) is 0 Å². The molecule has 5 heteroatoms. The van der Waals surface area contributed by atoms with Gasteiger partial charge in [0.15, 0.2) is 0 Å². The van der Waals surface area contributed by atoms with Gasteiger partial charge in [0.1, 0.15) is 0 Å². The molecule has 0 fully saturated rings. The first kappa shape index (κ1) is 39.1. The molecule has 168 valence electrons. The molecule has 0 rings (SSSR count). The first-order valence-electron chi connectivity index (χ1n) is 9.83. The van der Waals surface area contributed by atoms with Crippen molar-refractivity contribution in [2.45, 2.75) is 92.4 Å². The molecular weight excluding hydrogens is 504 g/mol. The number of hydrogen-bond acceptors (Lipinski definition) is 0. The summed E-state index contributed by atoms with van der Waals surface area (Å²) in [5, 5.41) is 0.575. The van der Waals surface area contributed by atoms with Crippen LogP contribution < -0.4 is 24.8 Å². The van der Waals surface area contributed by atoms with E-state index < -0.39 is 0 Å². The minimum Gasteiger partial charge on any atom is -1.00 e. The zero-order valence-electron chi connectivity index (χ0n) is 19.3. The Morgan fingerprint density at radius 1 is 0.593 bits per heavy atom.